The smallest absolute Gasteiger partial charge is 0.295 e. The Morgan fingerprint density at radius 2 is 1.56 bits per heavy atom. The van der Waals surface area contributed by atoms with Gasteiger partial charge in [0.15, 0.2) is 5.11 Å². The summed E-state index contributed by atoms with van der Waals surface area (Å²) in [4.78, 5) is 39.7. The van der Waals surface area contributed by atoms with E-state index < -0.39 is 5.91 Å². The maximum Gasteiger partial charge on any atom is 0.295 e. The predicted octanol–water partition coefficient (Wildman–Crippen LogP) is 4.77. The molecule has 3 aromatic rings. The highest BCUT2D eigenvalue weighted by Crippen LogP contribution is 2.60. The fourth-order valence-corrected chi connectivity index (χ4v) is 7.63. The SMILES string of the molecule is Cc1c(NC(=O)c2cccc(NC(=S)NC(=O)C34CC5CC(CC(C5)C3)C4)c2)c(=O)n(-c2ccccc2)n1C. The Balaban J connectivity index is 1.13. The lowest BCUT2D eigenvalue weighted by Gasteiger charge is -2.55. The molecule has 0 atom stereocenters. The maximum absolute atomic E-state index is 13.3. The van der Waals surface area contributed by atoms with Gasteiger partial charge in [0.2, 0.25) is 5.91 Å². The van der Waals surface area contributed by atoms with E-state index in [4.69, 9.17) is 12.2 Å². The summed E-state index contributed by atoms with van der Waals surface area (Å²) in [5, 5.41) is 9.04. The summed E-state index contributed by atoms with van der Waals surface area (Å²) in [5.74, 6) is 1.63. The van der Waals surface area contributed by atoms with E-state index in [1.165, 1.54) is 23.9 Å². The van der Waals surface area contributed by atoms with E-state index in [0.29, 0.717) is 40.4 Å². The molecule has 4 saturated carbocycles. The van der Waals surface area contributed by atoms with Crippen LogP contribution in [-0.4, -0.2) is 26.3 Å². The topological polar surface area (TPSA) is 97.2 Å². The van der Waals surface area contributed by atoms with Crippen LogP contribution in [0.2, 0.25) is 0 Å². The second-order valence-electron chi connectivity index (χ2n) is 11.6. The first kappa shape index (κ1) is 25.6. The lowest BCUT2D eigenvalue weighted by atomic mass is 9.49. The van der Waals surface area contributed by atoms with Crippen LogP contribution in [0.15, 0.2) is 59.4 Å². The molecule has 4 aliphatic carbocycles. The van der Waals surface area contributed by atoms with Crippen molar-refractivity contribution in [2.45, 2.75) is 45.4 Å². The molecule has 9 heteroatoms. The van der Waals surface area contributed by atoms with Gasteiger partial charge in [0.25, 0.3) is 11.5 Å². The van der Waals surface area contributed by atoms with E-state index >= 15 is 0 Å². The van der Waals surface area contributed by atoms with Crippen molar-refractivity contribution in [3.63, 3.8) is 0 Å². The van der Waals surface area contributed by atoms with Crippen molar-refractivity contribution >= 4 is 40.5 Å². The fourth-order valence-electron chi connectivity index (χ4n) is 7.42. The van der Waals surface area contributed by atoms with E-state index in [2.05, 4.69) is 16.0 Å². The number of para-hydroxylation sites is 1. The number of anilines is 2. The Hall–Kier alpha value is -3.72. The first-order valence-electron chi connectivity index (χ1n) is 13.6. The third kappa shape index (κ3) is 4.69. The fraction of sp³-hybridized carbons (Fsp3) is 0.400. The Bertz CT molecular complexity index is 1490. The number of amides is 2. The molecule has 3 N–H and O–H groups in total. The van der Waals surface area contributed by atoms with Crippen molar-refractivity contribution in [3.8, 4) is 5.69 Å². The number of thiocarbonyl (C=S) groups is 1. The summed E-state index contributed by atoms with van der Waals surface area (Å²) in [5.41, 5.74) is 1.93. The number of nitrogens with zero attached hydrogens (tertiary/aromatic N) is 2. The lowest BCUT2D eigenvalue weighted by Crippen LogP contribution is -2.55. The largest absolute Gasteiger partial charge is 0.332 e. The van der Waals surface area contributed by atoms with Crippen LogP contribution in [0.4, 0.5) is 11.4 Å². The minimum Gasteiger partial charge on any atom is -0.332 e. The summed E-state index contributed by atoms with van der Waals surface area (Å²) in [6.07, 6.45) is 6.71. The number of hydrogen-bond acceptors (Lipinski definition) is 4. The molecule has 1 aromatic heterocycles. The molecule has 202 valence electrons. The van der Waals surface area contributed by atoms with Crippen LogP contribution in [0.1, 0.15) is 54.6 Å². The van der Waals surface area contributed by atoms with E-state index in [1.807, 2.05) is 30.3 Å². The number of nitrogens with one attached hydrogen (secondary N) is 3. The molecular weight excluding hydrogens is 510 g/mol. The van der Waals surface area contributed by atoms with Crippen LogP contribution in [0.25, 0.3) is 5.69 Å². The van der Waals surface area contributed by atoms with Crippen LogP contribution in [0.5, 0.6) is 0 Å². The molecule has 8 nitrogen and oxygen atoms in total. The van der Waals surface area contributed by atoms with Gasteiger partial charge in [-0.25, -0.2) is 4.68 Å². The van der Waals surface area contributed by atoms with Crippen molar-refractivity contribution in [1.82, 2.24) is 14.7 Å². The molecule has 4 bridgehead atoms. The molecule has 2 aromatic carbocycles. The molecule has 39 heavy (non-hydrogen) atoms. The number of carbonyl (C=O) groups is 2. The van der Waals surface area contributed by atoms with Gasteiger partial charge in [0.05, 0.1) is 16.8 Å². The Labute approximate surface area is 232 Å². The molecule has 4 aliphatic rings. The van der Waals surface area contributed by atoms with Gasteiger partial charge in [-0.15, -0.1) is 0 Å². The number of rotatable bonds is 5. The number of aromatic nitrogens is 2. The van der Waals surface area contributed by atoms with E-state index in [9.17, 15) is 14.4 Å². The molecular formula is C30H33N5O3S. The third-order valence-corrected chi connectivity index (χ3v) is 9.13. The van der Waals surface area contributed by atoms with Crippen LogP contribution < -0.4 is 21.5 Å². The second kappa shape index (κ2) is 9.79. The monoisotopic (exact) mass is 543 g/mol. The molecule has 0 aliphatic heterocycles. The summed E-state index contributed by atoms with van der Waals surface area (Å²) in [6.45, 7) is 1.79. The summed E-state index contributed by atoms with van der Waals surface area (Å²) < 4.78 is 3.24. The van der Waals surface area contributed by atoms with E-state index in [1.54, 1.807) is 42.9 Å². The normalized spacial score (nSPS) is 24.8. The van der Waals surface area contributed by atoms with Crippen LogP contribution in [0, 0.1) is 30.1 Å². The maximum atomic E-state index is 13.3. The zero-order valence-electron chi connectivity index (χ0n) is 22.2. The summed E-state index contributed by atoms with van der Waals surface area (Å²) in [7, 11) is 1.78. The minimum absolute atomic E-state index is 0.0299. The molecule has 2 amide bonds. The standard InChI is InChI=1S/C30H33N5O3S/c1-18-25(27(37)35(34(18)2)24-9-4-3-5-10-24)32-26(36)22-7-6-8-23(14-22)31-29(39)33-28(38)30-15-19-11-20(16-30)13-21(12-19)17-30/h3-10,14,19-21H,11-13,15-17H2,1-2H3,(H,32,36)(H2,31,33,38,39). The van der Waals surface area contributed by atoms with Gasteiger partial charge < -0.3 is 16.0 Å². The van der Waals surface area contributed by atoms with Crippen LogP contribution in [0.3, 0.4) is 0 Å². The zero-order valence-corrected chi connectivity index (χ0v) is 23.0. The first-order chi connectivity index (χ1) is 18.7. The van der Waals surface area contributed by atoms with Crippen molar-refractivity contribution in [1.29, 1.82) is 0 Å². The van der Waals surface area contributed by atoms with Crippen molar-refractivity contribution in [2.75, 3.05) is 10.6 Å². The quantitative estimate of drug-likeness (QED) is 0.403. The van der Waals surface area contributed by atoms with Gasteiger partial charge in [-0.2, -0.15) is 0 Å². The highest BCUT2D eigenvalue weighted by molar-refractivity contribution is 7.80. The van der Waals surface area contributed by atoms with Gasteiger partial charge >= 0.3 is 0 Å². The van der Waals surface area contributed by atoms with Crippen molar-refractivity contribution in [3.05, 3.63) is 76.2 Å². The van der Waals surface area contributed by atoms with Crippen LogP contribution in [-0.2, 0) is 11.8 Å². The highest BCUT2D eigenvalue weighted by Gasteiger charge is 2.54. The van der Waals surface area contributed by atoms with Crippen molar-refractivity contribution in [2.24, 2.45) is 30.2 Å². The van der Waals surface area contributed by atoms with Gasteiger partial charge in [0.1, 0.15) is 5.69 Å². The highest BCUT2D eigenvalue weighted by atomic mass is 32.1. The van der Waals surface area contributed by atoms with Gasteiger partial charge in [-0.1, -0.05) is 24.3 Å². The average Bonchev–Trinajstić information content (AvgIpc) is 3.11. The number of benzene rings is 2. The number of carbonyl (C=O) groups excluding carboxylic acids is 2. The molecule has 0 spiro atoms. The van der Waals surface area contributed by atoms with Gasteiger partial charge in [-0.05, 0) is 106 Å². The van der Waals surface area contributed by atoms with Crippen LogP contribution >= 0.6 is 12.2 Å². The van der Waals surface area contributed by atoms with E-state index in [0.717, 1.165) is 19.3 Å². The Morgan fingerprint density at radius 3 is 2.21 bits per heavy atom. The molecule has 0 saturated heterocycles. The van der Waals surface area contributed by atoms with Gasteiger partial charge in [0, 0.05) is 18.3 Å². The predicted molar refractivity (Wildman–Crippen MR) is 155 cm³/mol. The summed E-state index contributed by atoms with van der Waals surface area (Å²) >= 11 is 5.49. The zero-order chi connectivity index (χ0) is 27.3. The molecule has 0 radical (unpaired) electrons. The molecule has 4 fully saturated rings. The van der Waals surface area contributed by atoms with E-state index in [-0.39, 0.29) is 27.7 Å². The molecule has 7 rings (SSSR count). The Kier molecular flexibility index (Phi) is 6.41. The summed E-state index contributed by atoms with van der Waals surface area (Å²) in [6, 6.07) is 16.1. The third-order valence-electron chi connectivity index (χ3n) is 8.92. The molecule has 0 unspecified atom stereocenters. The minimum atomic E-state index is -0.409. The first-order valence-corrected chi connectivity index (χ1v) is 14.0. The second-order valence-corrected chi connectivity index (χ2v) is 12.0. The van der Waals surface area contributed by atoms with Crippen molar-refractivity contribution < 1.29 is 9.59 Å². The van der Waals surface area contributed by atoms with Gasteiger partial charge in [-0.3, -0.25) is 19.1 Å². The molecule has 1 heterocycles. The Morgan fingerprint density at radius 1 is 0.923 bits per heavy atom. The number of hydrogen-bond donors (Lipinski definition) is 3. The average molecular weight is 544 g/mol. The lowest BCUT2D eigenvalue weighted by molar-refractivity contribution is -0.144.